The predicted octanol–water partition coefficient (Wildman–Crippen LogP) is 6.85. The molecule has 0 spiro atoms. The lowest BCUT2D eigenvalue weighted by atomic mass is 9.97. The summed E-state index contributed by atoms with van der Waals surface area (Å²) in [4.78, 5) is 12.6. The number of furan rings is 1. The van der Waals surface area contributed by atoms with E-state index in [2.05, 4.69) is 45.8 Å². The van der Waals surface area contributed by atoms with Crippen LogP contribution in [0.3, 0.4) is 0 Å². The summed E-state index contributed by atoms with van der Waals surface area (Å²) in [5, 5.41) is 15.2. The molecule has 170 valence electrons. The standard InChI is InChI=1S/C27H23N3O3S/c1-4-32-24-14-25-22(13-21(24)16(2)11-26(31)28-27-30-29-17(3)34-27)23(15-33-25)20-10-9-18-7-5-6-8-19(18)12-20/h5-15H,4H2,1-3H3,(H,28,30,31)/b16-11+. The summed E-state index contributed by atoms with van der Waals surface area (Å²) in [5.41, 5.74) is 4.40. The lowest BCUT2D eigenvalue weighted by molar-refractivity contribution is -0.111. The number of rotatable bonds is 6. The van der Waals surface area contributed by atoms with Gasteiger partial charge >= 0.3 is 0 Å². The Morgan fingerprint density at radius 3 is 2.71 bits per heavy atom. The zero-order valence-electron chi connectivity index (χ0n) is 19.1. The Kier molecular flexibility index (Phi) is 5.86. The van der Waals surface area contributed by atoms with Gasteiger partial charge in [0.05, 0.1) is 12.9 Å². The summed E-state index contributed by atoms with van der Waals surface area (Å²) in [6.45, 7) is 6.17. The van der Waals surface area contributed by atoms with E-state index in [9.17, 15) is 4.79 Å². The van der Waals surface area contributed by atoms with Crippen LogP contribution in [0.15, 0.2) is 71.4 Å². The number of carbonyl (C=O) groups excluding carboxylic acids is 1. The predicted molar refractivity (Wildman–Crippen MR) is 137 cm³/mol. The van der Waals surface area contributed by atoms with Crippen molar-refractivity contribution in [3.05, 3.63) is 77.5 Å². The van der Waals surface area contributed by atoms with Gasteiger partial charge < -0.3 is 9.15 Å². The van der Waals surface area contributed by atoms with Gasteiger partial charge in [-0.2, -0.15) is 0 Å². The maximum atomic E-state index is 12.6. The second-order valence-electron chi connectivity index (χ2n) is 7.93. The molecule has 5 rings (SSSR count). The fourth-order valence-corrected chi connectivity index (χ4v) is 4.58. The Hall–Kier alpha value is -3.97. The molecule has 0 fully saturated rings. The van der Waals surface area contributed by atoms with Crippen molar-refractivity contribution in [3.63, 3.8) is 0 Å². The molecule has 0 aliphatic carbocycles. The van der Waals surface area contributed by atoms with Gasteiger partial charge in [-0.3, -0.25) is 10.1 Å². The van der Waals surface area contributed by atoms with E-state index >= 15 is 0 Å². The van der Waals surface area contributed by atoms with E-state index in [4.69, 9.17) is 9.15 Å². The van der Waals surface area contributed by atoms with Gasteiger partial charge in [0.15, 0.2) is 0 Å². The van der Waals surface area contributed by atoms with Crippen LogP contribution >= 0.6 is 11.3 Å². The van der Waals surface area contributed by atoms with Crippen LogP contribution < -0.4 is 10.1 Å². The molecule has 6 nitrogen and oxygen atoms in total. The number of benzene rings is 3. The number of anilines is 1. The van der Waals surface area contributed by atoms with Crippen LogP contribution in [-0.2, 0) is 4.79 Å². The number of hydrogen-bond donors (Lipinski definition) is 1. The summed E-state index contributed by atoms with van der Waals surface area (Å²) < 4.78 is 11.8. The normalized spacial score (nSPS) is 11.8. The van der Waals surface area contributed by atoms with Gasteiger partial charge in [-0.1, -0.05) is 47.7 Å². The fourth-order valence-electron chi connectivity index (χ4n) is 3.98. The summed E-state index contributed by atoms with van der Waals surface area (Å²) in [6, 6.07) is 18.6. The van der Waals surface area contributed by atoms with Crippen LogP contribution in [-0.4, -0.2) is 22.7 Å². The van der Waals surface area contributed by atoms with Crippen molar-refractivity contribution in [2.45, 2.75) is 20.8 Å². The quantitative estimate of drug-likeness (QED) is 0.275. The maximum Gasteiger partial charge on any atom is 0.250 e. The van der Waals surface area contributed by atoms with Crippen molar-refractivity contribution in [3.8, 4) is 16.9 Å². The number of carbonyl (C=O) groups is 1. The van der Waals surface area contributed by atoms with Crippen molar-refractivity contribution in [1.82, 2.24) is 10.2 Å². The van der Waals surface area contributed by atoms with E-state index in [0.717, 1.165) is 38.2 Å². The highest BCUT2D eigenvalue weighted by atomic mass is 32.1. The SMILES string of the molecule is CCOc1cc2occ(-c3ccc4ccccc4c3)c2cc1/C(C)=C/C(=O)Nc1nnc(C)s1. The molecule has 0 aliphatic rings. The first-order chi connectivity index (χ1) is 16.5. The molecule has 1 amide bonds. The summed E-state index contributed by atoms with van der Waals surface area (Å²) in [6.07, 6.45) is 3.33. The summed E-state index contributed by atoms with van der Waals surface area (Å²) in [5.74, 6) is 0.404. The molecular formula is C27H23N3O3S. The molecule has 0 saturated carbocycles. The largest absolute Gasteiger partial charge is 0.493 e. The number of aromatic nitrogens is 2. The number of nitrogens with zero attached hydrogens (tertiary/aromatic N) is 2. The number of ether oxygens (including phenoxy) is 1. The third kappa shape index (κ3) is 4.30. The first-order valence-electron chi connectivity index (χ1n) is 11.0. The Morgan fingerprint density at radius 1 is 1.12 bits per heavy atom. The monoisotopic (exact) mass is 469 g/mol. The smallest absolute Gasteiger partial charge is 0.250 e. The maximum absolute atomic E-state index is 12.6. The van der Waals surface area contributed by atoms with Gasteiger partial charge in [-0.15, -0.1) is 10.2 Å². The van der Waals surface area contributed by atoms with Crippen LogP contribution in [0.2, 0.25) is 0 Å². The Bertz CT molecular complexity index is 1550. The number of aryl methyl sites for hydroxylation is 1. The molecule has 0 saturated heterocycles. The van der Waals surface area contributed by atoms with E-state index in [1.807, 2.05) is 45.0 Å². The lowest BCUT2D eigenvalue weighted by Crippen LogP contribution is -2.08. The number of nitrogens with one attached hydrogen (secondary N) is 1. The molecule has 0 atom stereocenters. The van der Waals surface area contributed by atoms with Crippen molar-refractivity contribution >= 4 is 49.7 Å². The molecule has 5 aromatic rings. The van der Waals surface area contributed by atoms with Crippen molar-refractivity contribution in [2.75, 3.05) is 11.9 Å². The highest BCUT2D eigenvalue weighted by Crippen LogP contribution is 2.38. The van der Waals surface area contributed by atoms with Crippen molar-refractivity contribution in [2.24, 2.45) is 0 Å². The molecule has 7 heteroatoms. The van der Waals surface area contributed by atoms with E-state index in [1.54, 1.807) is 12.3 Å². The van der Waals surface area contributed by atoms with Gasteiger partial charge in [0.2, 0.25) is 11.0 Å². The van der Waals surface area contributed by atoms with Gasteiger partial charge in [-0.05, 0) is 54.8 Å². The van der Waals surface area contributed by atoms with Gasteiger partial charge in [0.1, 0.15) is 16.3 Å². The average Bonchev–Trinajstić information content (AvgIpc) is 3.43. The first-order valence-corrected chi connectivity index (χ1v) is 11.8. The molecule has 0 radical (unpaired) electrons. The molecule has 2 heterocycles. The van der Waals surface area contributed by atoms with E-state index in [0.29, 0.717) is 17.5 Å². The molecule has 3 aromatic carbocycles. The van der Waals surface area contributed by atoms with Gasteiger partial charge in [0, 0.05) is 28.7 Å². The first kappa shape index (κ1) is 21.9. The summed E-state index contributed by atoms with van der Waals surface area (Å²) >= 11 is 1.33. The summed E-state index contributed by atoms with van der Waals surface area (Å²) in [7, 11) is 0. The molecular weight excluding hydrogens is 446 g/mol. The highest BCUT2D eigenvalue weighted by Gasteiger charge is 2.16. The highest BCUT2D eigenvalue weighted by molar-refractivity contribution is 7.15. The molecule has 34 heavy (non-hydrogen) atoms. The molecule has 0 aliphatic heterocycles. The zero-order valence-corrected chi connectivity index (χ0v) is 19.9. The van der Waals surface area contributed by atoms with Crippen molar-refractivity contribution in [1.29, 1.82) is 0 Å². The van der Waals surface area contributed by atoms with Crippen LogP contribution in [0.5, 0.6) is 5.75 Å². The molecule has 1 N–H and O–H groups in total. The Labute approximate surface area is 200 Å². The fraction of sp³-hybridized carbons (Fsp3) is 0.148. The lowest BCUT2D eigenvalue weighted by Gasteiger charge is -2.11. The Balaban J connectivity index is 1.56. The number of allylic oxidation sites excluding steroid dienone is 1. The van der Waals surface area contributed by atoms with E-state index < -0.39 is 0 Å². The van der Waals surface area contributed by atoms with Crippen LogP contribution in [0.1, 0.15) is 24.4 Å². The third-order valence-electron chi connectivity index (χ3n) is 5.56. The van der Waals surface area contributed by atoms with Crippen LogP contribution in [0.25, 0.3) is 38.4 Å². The minimum atomic E-state index is -0.266. The molecule has 0 unspecified atom stereocenters. The molecule has 2 aromatic heterocycles. The number of amides is 1. The van der Waals surface area contributed by atoms with Crippen molar-refractivity contribution < 1.29 is 13.9 Å². The van der Waals surface area contributed by atoms with Gasteiger partial charge in [-0.25, -0.2) is 0 Å². The second-order valence-corrected chi connectivity index (χ2v) is 9.11. The number of fused-ring (bicyclic) bond motifs is 2. The Morgan fingerprint density at radius 2 is 1.94 bits per heavy atom. The third-order valence-corrected chi connectivity index (χ3v) is 6.32. The van der Waals surface area contributed by atoms with Crippen LogP contribution in [0.4, 0.5) is 5.13 Å². The minimum absolute atomic E-state index is 0.266. The van der Waals surface area contributed by atoms with E-state index in [1.165, 1.54) is 22.1 Å². The minimum Gasteiger partial charge on any atom is -0.493 e. The zero-order chi connectivity index (χ0) is 23.7. The second kappa shape index (κ2) is 9.11. The topological polar surface area (TPSA) is 77.2 Å². The van der Waals surface area contributed by atoms with E-state index in [-0.39, 0.29) is 5.91 Å². The average molecular weight is 470 g/mol. The molecule has 0 bridgehead atoms. The number of hydrogen-bond acceptors (Lipinski definition) is 6. The van der Waals surface area contributed by atoms with Crippen LogP contribution in [0, 0.1) is 6.92 Å². The van der Waals surface area contributed by atoms with Gasteiger partial charge in [0.25, 0.3) is 0 Å².